The molecule has 0 aromatic heterocycles. The van der Waals surface area contributed by atoms with Crippen LogP contribution in [0.2, 0.25) is 0 Å². The van der Waals surface area contributed by atoms with Crippen molar-refractivity contribution in [2.45, 2.75) is 0 Å². The third-order valence-corrected chi connectivity index (χ3v) is 17.6. The second-order valence-electron chi connectivity index (χ2n) is 7.51. The van der Waals surface area contributed by atoms with Crippen molar-refractivity contribution in [2.75, 3.05) is 0 Å². The van der Waals surface area contributed by atoms with Crippen LogP contribution in [-0.4, -0.2) is 0 Å². The topological polar surface area (TPSA) is 0 Å². The van der Waals surface area contributed by atoms with Crippen LogP contribution < -0.4 is 21.2 Å². The first-order valence-electron chi connectivity index (χ1n) is 10.1. The molecule has 0 amide bonds. The maximum absolute atomic E-state index is 3.02. The Balaban J connectivity index is 2.07. The van der Waals surface area contributed by atoms with Crippen LogP contribution in [0.5, 0.6) is 0 Å². The summed E-state index contributed by atoms with van der Waals surface area (Å²) in [7, 11) is 0. The summed E-state index contributed by atoms with van der Waals surface area (Å²) in [5.74, 6) is 0. The van der Waals surface area contributed by atoms with E-state index in [0.29, 0.717) is 0 Å². The Kier molecular flexibility index (Phi) is 4.97. The molecular formula is C28H22IP. The van der Waals surface area contributed by atoms with Gasteiger partial charge < -0.3 is 0 Å². The monoisotopic (exact) mass is 516 g/mol. The molecule has 0 aliphatic carbocycles. The Hall–Kier alpha value is -2.48. The van der Waals surface area contributed by atoms with Gasteiger partial charge >= 0.3 is 192 Å². The van der Waals surface area contributed by atoms with Crippen LogP contribution >= 0.6 is 26.3 Å². The first-order valence-corrected chi connectivity index (χ1v) is 15.1. The van der Waals surface area contributed by atoms with Gasteiger partial charge in [-0.3, -0.25) is 0 Å². The van der Waals surface area contributed by atoms with Crippen molar-refractivity contribution in [3.8, 4) is 0 Å². The molecule has 0 N–H and O–H groups in total. The first kappa shape index (κ1) is 19.5. The second-order valence-corrected chi connectivity index (χ2v) is 17.4. The van der Waals surface area contributed by atoms with Crippen molar-refractivity contribution in [2.24, 2.45) is 0 Å². The van der Waals surface area contributed by atoms with Gasteiger partial charge in [-0.05, 0) is 0 Å². The maximum atomic E-state index is 2.85. The van der Waals surface area contributed by atoms with Crippen LogP contribution in [0.25, 0.3) is 10.8 Å². The van der Waals surface area contributed by atoms with Crippen LogP contribution in [0.15, 0.2) is 133 Å². The molecule has 0 aliphatic heterocycles. The summed E-state index contributed by atoms with van der Waals surface area (Å²) in [6, 6.07) is 48.8. The summed E-state index contributed by atoms with van der Waals surface area (Å²) < 4.78 is -3.02. The van der Waals surface area contributed by atoms with Gasteiger partial charge in [0.05, 0.1) is 0 Å². The van der Waals surface area contributed by atoms with Crippen molar-refractivity contribution in [1.82, 2.24) is 0 Å². The average Bonchev–Trinajstić information content (AvgIpc) is 2.85. The van der Waals surface area contributed by atoms with Gasteiger partial charge in [0.1, 0.15) is 0 Å². The molecule has 0 radical (unpaired) electrons. The summed E-state index contributed by atoms with van der Waals surface area (Å²) >= 11 is 2.85. The fraction of sp³-hybridized carbons (Fsp3) is 0. The molecule has 0 saturated heterocycles. The van der Waals surface area contributed by atoms with E-state index in [0.717, 1.165) is 0 Å². The van der Waals surface area contributed by atoms with E-state index in [4.69, 9.17) is 0 Å². The van der Waals surface area contributed by atoms with E-state index in [1.54, 1.807) is 0 Å². The molecule has 5 aromatic rings. The molecule has 0 saturated carbocycles. The minimum absolute atomic E-state index is 1.28. The van der Waals surface area contributed by atoms with Crippen LogP contribution in [0.3, 0.4) is 0 Å². The predicted octanol–water partition coefficient (Wildman–Crippen LogP) is 6.34. The van der Waals surface area contributed by atoms with Gasteiger partial charge in [0.25, 0.3) is 0 Å². The van der Waals surface area contributed by atoms with Crippen molar-refractivity contribution in [3.63, 3.8) is 0 Å². The van der Waals surface area contributed by atoms with Crippen molar-refractivity contribution < 1.29 is 0 Å². The zero-order chi connectivity index (χ0) is 20.5. The van der Waals surface area contributed by atoms with Crippen LogP contribution in [-0.2, 0) is 0 Å². The molecule has 5 aromatic carbocycles. The molecule has 0 atom stereocenters. The number of rotatable bonds is 4. The fourth-order valence-corrected chi connectivity index (χ4v) is 13.7. The Morgan fingerprint density at radius 2 is 0.800 bits per heavy atom. The van der Waals surface area contributed by atoms with E-state index in [9.17, 15) is 0 Å². The molecular weight excluding hydrogens is 494 g/mol. The van der Waals surface area contributed by atoms with E-state index in [2.05, 4.69) is 156 Å². The standard InChI is InChI=1S/C28H22IP/c29-30(24-15-4-1-5-16-24,25-17-6-2-7-18-25,26-19-8-3-9-20-26)28-22-12-14-23-13-10-11-21-27(23)28/h1-22H. The molecule has 0 bridgehead atoms. The number of benzene rings is 5. The van der Waals surface area contributed by atoms with Gasteiger partial charge in [-0.15, -0.1) is 0 Å². The summed E-state index contributed by atoms with van der Waals surface area (Å²) in [6.07, 6.45) is 0. The van der Waals surface area contributed by atoms with Gasteiger partial charge in [0, 0.05) is 0 Å². The molecule has 5 rings (SSSR count). The molecule has 0 aliphatic rings. The first-order chi connectivity index (χ1) is 14.7. The van der Waals surface area contributed by atoms with E-state index in [1.807, 2.05) is 0 Å². The number of fused-ring (bicyclic) bond motifs is 1. The van der Waals surface area contributed by atoms with Crippen LogP contribution in [0.4, 0.5) is 0 Å². The average molecular weight is 516 g/mol. The Morgan fingerprint density at radius 1 is 0.400 bits per heavy atom. The number of halogens is 1. The molecule has 0 fully saturated rings. The second kappa shape index (κ2) is 7.65. The summed E-state index contributed by atoms with van der Waals surface area (Å²) in [5.41, 5.74) is 0. The van der Waals surface area contributed by atoms with Gasteiger partial charge in [-0.2, -0.15) is 0 Å². The summed E-state index contributed by atoms with van der Waals surface area (Å²) in [6.45, 7) is 0. The zero-order valence-corrected chi connectivity index (χ0v) is 19.6. The summed E-state index contributed by atoms with van der Waals surface area (Å²) in [4.78, 5) is 0. The van der Waals surface area contributed by atoms with E-state index < -0.39 is 4.25 Å². The molecule has 0 heterocycles. The van der Waals surface area contributed by atoms with Gasteiger partial charge in [0.2, 0.25) is 0 Å². The number of hydrogen-bond donors (Lipinski definition) is 0. The minimum atomic E-state index is -3.02. The zero-order valence-electron chi connectivity index (χ0n) is 16.5. The SMILES string of the molecule is IP(c1ccccc1)(c1ccccc1)(c1ccccc1)c1cccc2ccccc12. The van der Waals surface area contributed by atoms with E-state index in [1.165, 1.54) is 32.0 Å². The Bertz CT molecular complexity index is 1190. The fourth-order valence-electron chi connectivity index (χ4n) is 4.56. The molecule has 146 valence electrons. The summed E-state index contributed by atoms with van der Waals surface area (Å²) in [5, 5.41) is 8.13. The van der Waals surface area contributed by atoms with Gasteiger partial charge in [-0.1, -0.05) is 0 Å². The van der Waals surface area contributed by atoms with Crippen molar-refractivity contribution >= 4 is 58.3 Å². The Morgan fingerprint density at radius 3 is 1.30 bits per heavy atom. The Labute approximate surface area is 191 Å². The molecule has 0 nitrogen and oxygen atoms in total. The van der Waals surface area contributed by atoms with E-state index >= 15 is 0 Å². The van der Waals surface area contributed by atoms with Crippen molar-refractivity contribution in [3.05, 3.63) is 133 Å². The number of hydrogen-bond acceptors (Lipinski definition) is 0. The van der Waals surface area contributed by atoms with Crippen LogP contribution in [0.1, 0.15) is 0 Å². The molecule has 2 heteroatoms. The predicted molar refractivity (Wildman–Crippen MR) is 143 cm³/mol. The third-order valence-electron chi connectivity index (χ3n) is 5.94. The van der Waals surface area contributed by atoms with Gasteiger partial charge in [-0.25, -0.2) is 0 Å². The van der Waals surface area contributed by atoms with Crippen molar-refractivity contribution in [1.29, 1.82) is 0 Å². The molecule has 30 heavy (non-hydrogen) atoms. The normalized spacial score (nSPS) is 12.9. The quantitative estimate of drug-likeness (QED) is 0.193. The molecule has 0 spiro atoms. The third kappa shape index (κ3) is 2.76. The van der Waals surface area contributed by atoms with Crippen LogP contribution in [0, 0.1) is 0 Å². The molecule has 0 unspecified atom stereocenters. The van der Waals surface area contributed by atoms with Gasteiger partial charge in [0.15, 0.2) is 0 Å². The van der Waals surface area contributed by atoms with E-state index in [-0.39, 0.29) is 0 Å².